The van der Waals surface area contributed by atoms with Gasteiger partial charge in [0.05, 0.1) is 0 Å². The van der Waals surface area contributed by atoms with Crippen LogP contribution in [0.2, 0.25) is 0 Å². The van der Waals surface area contributed by atoms with Gasteiger partial charge in [0.25, 0.3) is 0 Å². The summed E-state index contributed by atoms with van der Waals surface area (Å²) >= 11 is 0. The van der Waals surface area contributed by atoms with Crippen molar-refractivity contribution in [3.8, 4) is 0 Å². The van der Waals surface area contributed by atoms with Crippen LogP contribution < -0.4 is 10.6 Å². The Morgan fingerprint density at radius 2 is 2.05 bits per heavy atom. The maximum Gasteiger partial charge on any atom is 0.223 e. The van der Waals surface area contributed by atoms with E-state index in [0.29, 0.717) is 5.41 Å². The summed E-state index contributed by atoms with van der Waals surface area (Å²) in [4.78, 5) is 12.4. The largest absolute Gasteiger partial charge is 0.353 e. The van der Waals surface area contributed by atoms with Gasteiger partial charge in [0.2, 0.25) is 5.91 Å². The van der Waals surface area contributed by atoms with Crippen LogP contribution in [0.5, 0.6) is 0 Å². The topological polar surface area (TPSA) is 41.1 Å². The first-order chi connectivity index (χ1) is 10.2. The average Bonchev–Trinajstić information content (AvgIpc) is 3.20. The fourth-order valence-corrected chi connectivity index (χ4v) is 3.64. The lowest BCUT2D eigenvalue weighted by Gasteiger charge is -2.23. The van der Waals surface area contributed by atoms with E-state index in [2.05, 4.69) is 41.8 Å². The van der Waals surface area contributed by atoms with E-state index in [0.717, 1.165) is 32.4 Å². The van der Waals surface area contributed by atoms with Gasteiger partial charge in [-0.3, -0.25) is 4.79 Å². The first-order valence-corrected chi connectivity index (χ1v) is 8.25. The Bertz CT molecular complexity index is 479. The normalized spacial score (nSPS) is 24.5. The van der Waals surface area contributed by atoms with E-state index in [1.807, 2.05) is 6.07 Å². The molecule has 3 rings (SSSR count). The quantitative estimate of drug-likeness (QED) is 0.873. The first-order valence-electron chi connectivity index (χ1n) is 8.25. The van der Waals surface area contributed by atoms with E-state index in [1.54, 1.807) is 0 Å². The molecule has 3 nitrogen and oxygen atoms in total. The highest BCUT2D eigenvalue weighted by Gasteiger charge is 2.57. The van der Waals surface area contributed by atoms with E-state index in [1.165, 1.54) is 18.4 Å². The zero-order valence-electron chi connectivity index (χ0n) is 12.9. The van der Waals surface area contributed by atoms with Gasteiger partial charge in [-0.15, -0.1) is 0 Å². The molecule has 1 amide bonds. The first kappa shape index (κ1) is 14.6. The molecule has 114 valence electrons. The minimum atomic E-state index is 0.261. The van der Waals surface area contributed by atoms with Gasteiger partial charge in [0.1, 0.15) is 0 Å². The summed E-state index contributed by atoms with van der Waals surface area (Å²) in [5, 5.41) is 6.61. The fourth-order valence-electron chi connectivity index (χ4n) is 3.64. The lowest BCUT2D eigenvalue weighted by molar-refractivity contribution is -0.123. The second kappa shape index (κ2) is 6.18. The van der Waals surface area contributed by atoms with Gasteiger partial charge in [-0.1, -0.05) is 30.3 Å². The molecule has 0 aromatic heterocycles. The molecule has 2 atom stereocenters. The van der Waals surface area contributed by atoms with Crippen LogP contribution in [0.3, 0.4) is 0 Å². The van der Waals surface area contributed by atoms with Crippen LogP contribution in [0.25, 0.3) is 0 Å². The van der Waals surface area contributed by atoms with Crippen LogP contribution in [-0.2, 0) is 11.2 Å². The zero-order valence-corrected chi connectivity index (χ0v) is 12.9. The summed E-state index contributed by atoms with van der Waals surface area (Å²) < 4.78 is 0. The number of amides is 1. The summed E-state index contributed by atoms with van der Waals surface area (Å²) in [5.41, 5.74) is 1.69. The summed E-state index contributed by atoms with van der Waals surface area (Å²) in [6, 6.07) is 10.8. The third-order valence-electron chi connectivity index (χ3n) is 5.20. The summed E-state index contributed by atoms with van der Waals surface area (Å²) in [6.45, 7) is 4.28. The Labute approximate surface area is 127 Å². The highest BCUT2D eigenvalue weighted by atomic mass is 16.2. The standard InChI is InChI=1S/C18H26N2O/c1-14(7-8-15-5-3-2-4-6-15)20-17(21)16-13-18(16)9-11-19-12-10-18/h2-6,14,16,19H,7-13H2,1H3,(H,20,21). The van der Waals surface area contributed by atoms with E-state index in [9.17, 15) is 4.79 Å². The molecule has 0 bridgehead atoms. The lowest BCUT2D eigenvalue weighted by atomic mass is 9.91. The minimum Gasteiger partial charge on any atom is -0.353 e. The van der Waals surface area contributed by atoms with Crippen molar-refractivity contribution in [3.63, 3.8) is 0 Å². The summed E-state index contributed by atoms with van der Waals surface area (Å²) in [6.07, 6.45) is 5.48. The molecule has 0 radical (unpaired) electrons. The third kappa shape index (κ3) is 3.46. The molecule has 1 saturated heterocycles. The Morgan fingerprint density at radius 1 is 1.33 bits per heavy atom. The van der Waals surface area contributed by atoms with Gasteiger partial charge >= 0.3 is 0 Å². The lowest BCUT2D eigenvalue weighted by Crippen LogP contribution is -2.37. The van der Waals surface area contributed by atoms with Crippen LogP contribution in [0.15, 0.2) is 30.3 Å². The summed E-state index contributed by atoms with van der Waals surface area (Å²) in [5.74, 6) is 0.566. The maximum atomic E-state index is 12.4. The molecular formula is C18H26N2O. The molecule has 1 saturated carbocycles. The van der Waals surface area contributed by atoms with E-state index >= 15 is 0 Å². The molecule has 1 aromatic carbocycles. The van der Waals surface area contributed by atoms with Crippen molar-refractivity contribution in [2.45, 2.75) is 45.1 Å². The number of carbonyl (C=O) groups is 1. The molecule has 3 heteroatoms. The Kier molecular flexibility index (Phi) is 4.29. The maximum absolute atomic E-state index is 12.4. The Hall–Kier alpha value is -1.35. The Balaban J connectivity index is 1.43. The monoisotopic (exact) mass is 286 g/mol. The highest BCUT2D eigenvalue weighted by Crippen LogP contribution is 2.58. The van der Waals surface area contributed by atoms with Crippen molar-refractivity contribution in [2.75, 3.05) is 13.1 Å². The van der Waals surface area contributed by atoms with Crippen LogP contribution in [-0.4, -0.2) is 25.0 Å². The van der Waals surface area contributed by atoms with Gasteiger partial charge in [-0.25, -0.2) is 0 Å². The molecule has 1 spiro atoms. The van der Waals surface area contributed by atoms with Crippen LogP contribution in [0.4, 0.5) is 0 Å². The number of rotatable bonds is 5. The molecule has 2 unspecified atom stereocenters. The molecule has 2 N–H and O–H groups in total. The molecule has 1 aliphatic carbocycles. The molecular weight excluding hydrogens is 260 g/mol. The smallest absolute Gasteiger partial charge is 0.223 e. The number of hydrogen-bond donors (Lipinski definition) is 2. The van der Waals surface area contributed by atoms with Crippen molar-refractivity contribution in [1.82, 2.24) is 10.6 Å². The van der Waals surface area contributed by atoms with Crippen LogP contribution >= 0.6 is 0 Å². The number of hydrogen-bond acceptors (Lipinski definition) is 2. The molecule has 1 aliphatic heterocycles. The van der Waals surface area contributed by atoms with Crippen molar-refractivity contribution >= 4 is 5.91 Å². The molecule has 2 fully saturated rings. The fraction of sp³-hybridized carbons (Fsp3) is 0.611. The third-order valence-corrected chi connectivity index (χ3v) is 5.20. The van der Waals surface area contributed by atoms with Crippen molar-refractivity contribution in [1.29, 1.82) is 0 Å². The number of nitrogens with one attached hydrogen (secondary N) is 2. The van der Waals surface area contributed by atoms with E-state index in [4.69, 9.17) is 0 Å². The van der Waals surface area contributed by atoms with E-state index < -0.39 is 0 Å². The number of carbonyl (C=O) groups excluding carboxylic acids is 1. The second-order valence-corrected chi connectivity index (χ2v) is 6.80. The minimum absolute atomic E-state index is 0.261. The predicted octanol–water partition coefficient (Wildman–Crippen LogP) is 2.51. The molecule has 1 aromatic rings. The highest BCUT2D eigenvalue weighted by molar-refractivity contribution is 5.82. The number of aryl methyl sites for hydroxylation is 1. The van der Waals surface area contributed by atoms with Gasteiger partial charge < -0.3 is 10.6 Å². The van der Waals surface area contributed by atoms with Gasteiger partial charge in [-0.05, 0) is 63.1 Å². The average molecular weight is 286 g/mol. The SMILES string of the molecule is CC(CCc1ccccc1)NC(=O)C1CC12CCNCC2. The summed E-state index contributed by atoms with van der Waals surface area (Å²) in [7, 11) is 0. The van der Waals surface area contributed by atoms with Crippen molar-refractivity contribution < 1.29 is 4.79 Å². The molecule has 2 aliphatic rings. The van der Waals surface area contributed by atoms with Crippen molar-refractivity contribution in [2.24, 2.45) is 11.3 Å². The predicted molar refractivity (Wildman–Crippen MR) is 85.0 cm³/mol. The zero-order chi connectivity index (χ0) is 14.7. The Morgan fingerprint density at radius 3 is 2.76 bits per heavy atom. The van der Waals surface area contributed by atoms with Crippen LogP contribution in [0, 0.1) is 11.3 Å². The van der Waals surface area contributed by atoms with Gasteiger partial charge in [0, 0.05) is 12.0 Å². The van der Waals surface area contributed by atoms with Gasteiger partial charge in [0.15, 0.2) is 0 Å². The number of piperidine rings is 1. The molecule has 21 heavy (non-hydrogen) atoms. The number of benzene rings is 1. The van der Waals surface area contributed by atoms with Gasteiger partial charge in [-0.2, -0.15) is 0 Å². The van der Waals surface area contributed by atoms with Crippen molar-refractivity contribution in [3.05, 3.63) is 35.9 Å². The van der Waals surface area contributed by atoms with E-state index in [-0.39, 0.29) is 17.9 Å². The van der Waals surface area contributed by atoms with Crippen LogP contribution in [0.1, 0.15) is 38.2 Å². The molecule has 1 heterocycles. The second-order valence-electron chi connectivity index (χ2n) is 6.80.